The fraction of sp³-hybridized carbons (Fsp3) is 0.594. The summed E-state index contributed by atoms with van der Waals surface area (Å²) in [5.74, 6) is -2.82. The number of ether oxygens (including phenoxy) is 2. The number of halogens is 2. The molecule has 1 aliphatic heterocycles. The summed E-state index contributed by atoms with van der Waals surface area (Å²) < 4.78 is 36.1. The summed E-state index contributed by atoms with van der Waals surface area (Å²) in [6, 6.07) is 3.45. The molecule has 0 spiro atoms. The molecule has 2 rings (SSSR count). The molecule has 0 radical (unpaired) electrons. The van der Waals surface area contributed by atoms with Crippen LogP contribution in [0.4, 0.5) is 8.78 Å². The van der Waals surface area contributed by atoms with Crippen LogP contribution in [0.2, 0.25) is 0 Å². The zero-order valence-electron chi connectivity index (χ0n) is 25.6. The number of hydrogen-bond acceptors (Lipinski definition) is 5. The van der Waals surface area contributed by atoms with Crippen LogP contribution in [0.3, 0.4) is 0 Å². The average molecular weight is 552 g/mol. The van der Waals surface area contributed by atoms with Crippen molar-refractivity contribution in [2.75, 3.05) is 7.11 Å². The Morgan fingerprint density at radius 3 is 2.18 bits per heavy atom. The third-order valence-corrected chi connectivity index (χ3v) is 6.25. The van der Waals surface area contributed by atoms with E-state index in [4.69, 9.17) is 9.84 Å². The second kappa shape index (κ2) is 18.2. The van der Waals surface area contributed by atoms with Crippen LogP contribution >= 0.6 is 0 Å². The summed E-state index contributed by atoms with van der Waals surface area (Å²) in [5, 5.41) is 19.0. The van der Waals surface area contributed by atoms with E-state index in [2.05, 4.69) is 55.7 Å². The maximum Gasteiger partial charge on any atom is 0.159 e. The normalized spacial score (nSPS) is 20.2. The van der Waals surface area contributed by atoms with Crippen molar-refractivity contribution in [3.05, 3.63) is 70.5 Å². The molecule has 7 heteroatoms. The molecule has 1 aromatic rings. The van der Waals surface area contributed by atoms with Gasteiger partial charge in [-0.3, -0.25) is 4.99 Å². The van der Waals surface area contributed by atoms with E-state index in [-0.39, 0.29) is 12.2 Å². The van der Waals surface area contributed by atoms with E-state index in [1.807, 2.05) is 20.1 Å². The van der Waals surface area contributed by atoms with Crippen LogP contribution in [0.25, 0.3) is 0 Å². The topological polar surface area (TPSA) is 71.3 Å². The maximum atomic E-state index is 13.1. The molecule has 1 aromatic carbocycles. The summed E-state index contributed by atoms with van der Waals surface area (Å²) in [7, 11) is 1.46. The minimum Gasteiger partial charge on any atom is -0.383 e. The highest BCUT2D eigenvalue weighted by atomic mass is 19.2. The van der Waals surface area contributed by atoms with Crippen LogP contribution in [0.1, 0.15) is 100.0 Å². The number of aliphatic imine (C=N–C) groups is 1. The van der Waals surface area contributed by atoms with E-state index in [0.29, 0.717) is 12.0 Å². The van der Waals surface area contributed by atoms with Crippen molar-refractivity contribution in [3.63, 3.8) is 0 Å². The van der Waals surface area contributed by atoms with Gasteiger partial charge < -0.3 is 19.7 Å². The first kappa shape index (κ1) is 36.8. The predicted octanol–water partition coefficient (Wildman–Crippen LogP) is 8.16. The van der Waals surface area contributed by atoms with Gasteiger partial charge in [-0.15, -0.1) is 0 Å². The Hall–Kier alpha value is -2.19. The van der Waals surface area contributed by atoms with Gasteiger partial charge in [-0.05, 0) is 103 Å². The molecule has 1 fully saturated rings. The SMILES string of the molecule is CC1CCC([C@](C)(O)c2ccc(F)c(F)c2)O1.CC=N/C(C)=C(/C=C\CCC)C(\C)=C\CC.COC(C)(C)O. The molecule has 39 heavy (non-hydrogen) atoms. The lowest BCUT2D eigenvalue weighted by Crippen LogP contribution is -2.36. The Balaban J connectivity index is 0.000000616. The molecule has 0 aliphatic carbocycles. The van der Waals surface area contributed by atoms with Crippen molar-refractivity contribution < 1.29 is 28.5 Å². The summed E-state index contributed by atoms with van der Waals surface area (Å²) in [6.45, 7) is 17.2. The van der Waals surface area contributed by atoms with Crippen molar-refractivity contribution >= 4 is 6.21 Å². The van der Waals surface area contributed by atoms with Crippen LogP contribution in [-0.2, 0) is 15.1 Å². The molecule has 1 saturated heterocycles. The largest absolute Gasteiger partial charge is 0.383 e. The second-order valence-electron chi connectivity index (χ2n) is 10.3. The Morgan fingerprint density at radius 1 is 1.13 bits per heavy atom. The molecular weight excluding hydrogens is 500 g/mol. The first-order chi connectivity index (χ1) is 18.1. The fourth-order valence-electron chi connectivity index (χ4n) is 3.80. The van der Waals surface area contributed by atoms with Crippen molar-refractivity contribution in [1.29, 1.82) is 0 Å². The highest BCUT2D eigenvalue weighted by Crippen LogP contribution is 2.35. The summed E-state index contributed by atoms with van der Waals surface area (Å²) >= 11 is 0. The Kier molecular flexibility index (Phi) is 17.2. The van der Waals surface area contributed by atoms with Gasteiger partial charge in [0.05, 0.1) is 12.2 Å². The van der Waals surface area contributed by atoms with E-state index in [0.717, 1.165) is 37.1 Å². The predicted molar refractivity (Wildman–Crippen MR) is 158 cm³/mol. The van der Waals surface area contributed by atoms with Crippen LogP contribution in [0.5, 0.6) is 0 Å². The van der Waals surface area contributed by atoms with Gasteiger partial charge in [0.25, 0.3) is 0 Å². The number of allylic oxidation sites excluding steroid dienone is 6. The number of aliphatic hydroxyl groups is 2. The first-order valence-electron chi connectivity index (χ1n) is 13.8. The number of unbranched alkanes of at least 4 members (excludes halogenated alkanes) is 1. The molecule has 0 bridgehead atoms. The molecule has 0 aromatic heterocycles. The molecule has 1 aliphatic rings. The molecule has 1 heterocycles. The monoisotopic (exact) mass is 551 g/mol. The molecule has 0 saturated carbocycles. The molecular formula is C32H51F2NO4. The molecule has 2 unspecified atom stereocenters. The lowest BCUT2D eigenvalue weighted by Gasteiger charge is -2.30. The number of methoxy groups -OCH3 is 1. The fourth-order valence-corrected chi connectivity index (χ4v) is 3.80. The lowest BCUT2D eigenvalue weighted by molar-refractivity contribution is -0.155. The summed E-state index contributed by atoms with van der Waals surface area (Å²) in [4.78, 5) is 4.37. The third kappa shape index (κ3) is 14.1. The highest BCUT2D eigenvalue weighted by Gasteiger charge is 2.39. The number of rotatable bonds is 9. The van der Waals surface area contributed by atoms with E-state index in [9.17, 15) is 13.9 Å². The Morgan fingerprint density at radius 2 is 1.74 bits per heavy atom. The van der Waals surface area contributed by atoms with Crippen molar-refractivity contribution in [2.24, 2.45) is 4.99 Å². The van der Waals surface area contributed by atoms with Gasteiger partial charge in [0.1, 0.15) is 5.60 Å². The van der Waals surface area contributed by atoms with Crippen LogP contribution < -0.4 is 0 Å². The van der Waals surface area contributed by atoms with Crippen molar-refractivity contribution in [2.45, 2.75) is 118 Å². The number of hydrogen-bond donors (Lipinski definition) is 2. The van der Waals surface area contributed by atoms with Gasteiger partial charge in [0, 0.05) is 19.0 Å². The van der Waals surface area contributed by atoms with Crippen LogP contribution in [0, 0.1) is 11.6 Å². The smallest absolute Gasteiger partial charge is 0.159 e. The van der Waals surface area contributed by atoms with Crippen molar-refractivity contribution in [3.8, 4) is 0 Å². The Bertz CT molecular complexity index is 975. The van der Waals surface area contributed by atoms with Gasteiger partial charge in [-0.1, -0.05) is 44.6 Å². The minimum atomic E-state index is -1.29. The van der Waals surface area contributed by atoms with Crippen LogP contribution in [0.15, 0.2) is 58.3 Å². The Labute approximate surface area is 235 Å². The maximum absolute atomic E-state index is 13.1. The molecule has 2 N–H and O–H groups in total. The molecule has 3 atom stereocenters. The molecule has 0 amide bonds. The third-order valence-electron chi connectivity index (χ3n) is 6.25. The summed E-state index contributed by atoms with van der Waals surface area (Å²) in [6.07, 6.45) is 13.2. The lowest BCUT2D eigenvalue weighted by atomic mass is 9.88. The van der Waals surface area contributed by atoms with Gasteiger partial charge in [0.2, 0.25) is 0 Å². The number of nitrogens with zero attached hydrogens (tertiary/aromatic N) is 1. The van der Waals surface area contributed by atoms with E-state index in [1.165, 1.54) is 30.7 Å². The minimum absolute atomic E-state index is 0.0942. The first-order valence-corrected chi connectivity index (χ1v) is 13.8. The van der Waals surface area contributed by atoms with E-state index in [1.54, 1.807) is 20.8 Å². The van der Waals surface area contributed by atoms with E-state index >= 15 is 0 Å². The zero-order valence-corrected chi connectivity index (χ0v) is 25.6. The number of benzene rings is 1. The second-order valence-corrected chi connectivity index (χ2v) is 10.3. The quantitative estimate of drug-likeness (QED) is 0.184. The van der Waals surface area contributed by atoms with Gasteiger partial charge >= 0.3 is 0 Å². The van der Waals surface area contributed by atoms with Crippen LogP contribution in [-0.4, -0.2) is 41.5 Å². The van der Waals surface area contributed by atoms with Crippen molar-refractivity contribution in [1.82, 2.24) is 0 Å². The zero-order chi connectivity index (χ0) is 30.2. The van der Waals surface area contributed by atoms with Gasteiger partial charge in [-0.25, -0.2) is 8.78 Å². The molecule has 5 nitrogen and oxygen atoms in total. The highest BCUT2D eigenvalue weighted by molar-refractivity contribution is 5.56. The van der Waals surface area contributed by atoms with Gasteiger partial charge in [0.15, 0.2) is 17.4 Å². The van der Waals surface area contributed by atoms with Gasteiger partial charge in [-0.2, -0.15) is 0 Å². The molecule has 222 valence electrons. The van der Waals surface area contributed by atoms with E-state index < -0.39 is 23.0 Å². The summed E-state index contributed by atoms with van der Waals surface area (Å²) in [5.41, 5.74) is 2.72. The standard InChI is InChI=1S/C15H25N.C13H16F2O2.C4H10O2/c1-6-9-10-12-15(13(4)11-7-2)14(5)16-8-3;1-8-3-6-12(17-8)13(2,16)9-4-5-10(14)11(15)7-9;1-4(2,5)6-3/h8,10-12H,6-7,9H2,1-5H3;4-5,7-8,12,16H,3,6H2,1-2H3;5H,1-3H3/b12-10-,13-11+,15-14-,16-8?;;/t;8?,12?,13-;/m.1./s1. The average Bonchev–Trinajstić information content (AvgIpc) is 3.31.